The Labute approximate surface area is 97.3 Å². The molecule has 0 amide bonds. The fourth-order valence-electron chi connectivity index (χ4n) is 0.902. The van der Waals surface area contributed by atoms with Crippen molar-refractivity contribution < 1.29 is 17.9 Å². The van der Waals surface area contributed by atoms with Crippen LogP contribution in [0.2, 0.25) is 5.02 Å². The minimum atomic E-state index is -4.43. The number of hydrogen-bond acceptors (Lipinski definition) is 1. The van der Waals surface area contributed by atoms with Crippen molar-refractivity contribution in [2.24, 2.45) is 0 Å². The molecule has 0 atom stereocenters. The minimum Gasteiger partial charge on any atom is -0.496 e. The van der Waals surface area contributed by atoms with Gasteiger partial charge in [-0.05, 0) is 28.7 Å². The number of rotatable bonds is 1. The van der Waals surface area contributed by atoms with Crippen LogP contribution in [-0.2, 0) is 6.18 Å². The Morgan fingerprint density at radius 1 is 1.36 bits per heavy atom. The standard InChI is InChI=1S/C8H5ClF3IO/c1-14-7-3-5(9)4(2-6(7)13)8(10,11)12/h2-3H,1H3. The fourth-order valence-corrected chi connectivity index (χ4v) is 1.85. The summed E-state index contributed by atoms with van der Waals surface area (Å²) < 4.78 is 42.2. The number of benzene rings is 1. The van der Waals surface area contributed by atoms with Crippen LogP contribution in [0.25, 0.3) is 0 Å². The predicted molar refractivity (Wildman–Crippen MR) is 55.7 cm³/mol. The van der Waals surface area contributed by atoms with Gasteiger partial charge in [-0.2, -0.15) is 13.2 Å². The van der Waals surface area contributed by atoms with Crippen molar-refractivity contribution >= 4 is 34.2 Å². The van der Waals surface area contributed by atoms with Crippen LogP contribution in [0.4, 0.5) is 13.2 Å². The summed E-state index contributed by atoms with van der Waals surface area (Å²) in [6, 6.07) is 2.12. The molecule has 1 rings (SSSR count). The second-order valence-electron chi connectivity index (χ2n) is 2.46. The Morgan fingerprint density at radius 2 is 1.93 bits per heavy atom. The molecule has 0 spiro atoms. The third-order valence-corrected chi connectivity index (χ3v) is 2.70. The van der Waals surface area contributed by atoms with Gasteiger partial charge in [0.2, 0.25) is 0 Å². The quantitative estimate of drug-likeness (QED) is 0.705. The van der Waals surface area contributed by atoms with E-state index in [1.165, 1.54) is 7.11 Å². The Hall–Kier alpha value is -0.170. The largest absolute Gasteiger partial charge is 0.496 e. The van der Waals surface area contributed by atoms with Gasteiger partial charge in [-0.1, -0.05) is 11.6 Å². The lowest BCUT2D eigenvalue weighted by Crippen LogP contribution is -2.06. The van der Waals surface area contributed by atoms with Crippen LogP contribution < -0.4 is 4.74 Å². The zero-order valence-corrected chi connectivity index (χ0v) is 9.87. The van der Waals surface area contributed by atoms with Gasteiger partial charge in [0.25, 0.3) is 0 Å². The Balaban J connectivity index is 3.29. The highest BCUT2D eigenvalue weighted by atomic mass is 127. The van der Waals surface area contributed by atoms with Crippen LogP contribution >= 0.6 is 34.2 Å². The molecule has 1 nitrogen and oxygen atoms in total. The van der Waals surface area contributed by atoms with Gasteiger partial charge < -0.3 is 4.74 Å². The van der Waals surface area contributed by atoms with E-state index in [4.69, 9.17) is 16.3 Å². The second-order valence-corrected chi connectivity index (χ2v) is 4.03. The molecule has 0 saturated heterocycles. The molecule has 0 aliphatic rings. The molecule has 0 unspecified atom stereocenters. The van der Waals surface area contributed by atoms with E-state index in [0.717, 1.165) is 12.1 Å². The van der Waals surface area contributed by atoms with Gasteiger partial charge in [0, 0.05) is 6.07 Å². The van der Waals surface area contributed by atoms with E-state index in [2.05, 4.69) is 0 Å². The van der Waals surface area contributed by atoms with Crippen LogP contribution in [-0.4, -0.2) is 7.11 Å². The maximum absolute atomic E-state index is 12.3. The molecule has 0 radical (unpaired) electrons. The third-order valence-electron chi connectivity index (χ3n) is 1.55. The van der Waals surface area contributed by atoms with Crippen molar-refractivity contribution in [3.05, 3.63) is 26.3 Å². The smallest absolute Gasteiger partial charge is 0.417 e. The molecule has 1 aromatic rings. The summed E-state index contributed by atoms with van der Waals surface area (Å²) in [5.74, 6) is 0.337. The lowest BCUT2D eigenvalue weighted by atomic mass is 10.2. The van der Waals surface area contributed by atoms with E-state index in [0.29, 0.717) is 9.32 Å². The van der Waals surface area contributed by atoms with E-state index >= 15 is 0 Å². The minimum absolute atomic E-state index is 0.337. The third kappa shape index (κ3) is 2.44. The summed E-state index contributed by atoms with van der Waals surface area (Å²) in [4.78, 5) is 0. The number of methoxy groups -OCH3 is 1. The molecule has 0 bridgehead atoms. The van der Waals surface area contributed by atoms with E-state index in [9.17, 15) is 13.2 Å². The SMILES string of the molecule is COc1cc(Cl)c(C(F)(F)F)cc1I. The Bertz CT molecular complexity index is 351. The molecule has 0 heterocycles. The van der Waals surface area contributed by atoms with E-state index in [1.807, 2.05) is 0 Å². The zero-order chi connectivity index (χ0) is 10.9. The molecular weight excluding hydrogens is 331 g/mol. The summed E-state index contributed by atoms with van der Waals surface area (Å²) in [5.41, 5.74) is -0.843. The monoisotopic (exact) mass is 336 g/mol. The van der Waals surface area contributed by atoms with Crippen molar-refractivity contribution in [1.29, 1.82) is 0 Å². The molecule has 0 fully saturated rings. The molecule has 1 aromatic carbocycles. The molecular formula is C8H5ClF3IO. The van der Waals surface area contributed by atoms with Gasteiger partial charge >= 0.3 is 6.18 Å². The topological polar surface area (TPSA) is 9.23 Å². The van der Waals surface area contributed by atoms with Gasteiger partial charge in [-0.15, -0.1) is 0 Å². The maximum atomic E-state index is 12.3. The molecule has 6 heteroatoms. The van der Waals surface area contributed by atoms with Crippen molar-refractivity contribution in [2.45, 2.75) is 6.18 Å². The van der Waals surface area contributed by atoms with Gasteiger partial charge in [-0.3, -0.25) is 0 Å². The molecule has 0 aromatic heterocycles. The number of halogens is 5. The van der Waals surface area contributed by atoms with Gasteiger partial charge in [0.1, 0.15) is 5.75 Å². The summed E-state index contributed by atoms with van der Waals surface area (Å²) in [5, 5.41) is -0.352. The lowest BCUT2D eigenvalue weighted by molar-refractivity contribution is -0.137. The van der Waals surface area contributed by atoms with Gasteiger partial charge in [0.05, 0.1) is 21.3 Å². The summed E-state index contributed by atoms with van der Waals surface area (Å²) in [7, 11) is 1.38. The maximum Gasteiger partial charge on any atom is 0.417 e. The van der Waals surface area contributed by atoms with Crippen molar-refractivity contribution in [3.8, 4) is 5.75 Å². The van der Waals surface area contributed by atoms with Crippen LogP contribution in [0.1, 0.15) is 5.56 Å². The number of ether oxygens (including phenoxy) is 1. The van der Waals surface area contributed by atoms with E-state index in [-0.39, 0.29) is 5.02 Å². The summed E-state index contributed by atoms with van der Waals surface area (Å²) in [6.07, 6.45) is -4.43. The molecule has 14 heavy (non-hydrogen) atoms. The van der Waals surface area contributed by atoms with Crippen LogP contribution in [0, 0.1) is 3.57 Å². The van der Waals surface area contributed by atoms with E-state index < -0.39 is 11.7 Å². The van der Waals surface area contributed by atoms with E-state index in [1.54, 1.807) is 22.6 Å². The first-order chi connectivity index (χ1) is 6.36. The first kappa shape index (κ1) is 11.9. The normalized spacial score (nSPS) is 11.6. The first-order valence-corrected chi connectivity index (χ1v) is 4.92. The first-order valence-electron chi connectivity index (χ1n) is 3.46. The highest BCUT2D eigenvalue weighted by Crippen LogP contribution is 2.38. The number of hydrogen-bond donors (Lipinski definition) is 0. The number of alkyl halides is 3. The average molecular weight is 336 g/mol. The zero-order valence-electron chi connectivity index (χ0n) is 6.95. The van der Waals surface area contributed by atoms with Crippen LogP contribution in [0.3, 0.4) is 0 Å². The Morgan fingerprint density at radius 3 is 2.36 bits per heavy atom. The fraction of sp³-hybridized carbons (Fsp3) is 0.250. The Kier molecular flexibility index (Phi) is 3.52. The molecule has 0 saturated carbocycles. The van der Waals surface area contributed by atoms with Gasteiger partial charge in [-0.25, -0.2) is 0 Å². The van der Waals surface area contributed by atoms with Crippen molar-refractivity contribution in [1.82, 2.24) is 0 Å². The molecule has 0 N–H and O–H groups in total. The average Bonchev–Trinajstić information content (AvgIpc) is 2.06. The highest BCUT2D eigenvalue weighted by molar-refractivity contribution is 14.1. The molecule has 78 valence electrons. The van der Waals surface area contributed by atoms with Crippen LogP contribution in [0.15, 0.2) is 12.1 Å². The highest BCUT2D eigenvalue weighted by Gasteiger charge is 2.33. The van der Waals surface area contributed by atoms with Crippen molar-refractivity contribution in [3.63, 3.8) is 0 Å². The molecule has 0 aliphatic carbocycles. The predicted octanol–water partition coefficient (Wildman–Crippen LogP) is 3.97. The molecule has 0 aliphatic heterocycles. The van der Waals surface area contributed by atoms with Crippen molar-refractivity contribution in [2.75, 3.05) is 7.11 Å². The summed E-state index contributed by atoms with van der Waals surface area (Å²) >= 11 is 7.22. The van der Waals surface area contributed by atoms with Gasteiger partial charge in [0.15, 0.2) is 0 Å². The lowest BCUT2D eigenvalue weighted by Gasteiger charge is -2.11. The van der Waals surface area contributed by atoms with Crippen LogP contribution in [0.5, 0.6) is 5.75 Å². The second kappa shape index (κ2) is 4.14. The summed E-state index contributed by atoms with van der Waals surface area (Å²) in [6.45, 7) is 0.